The van der Waals surface area contributed by atoms with Gasteiger partial charge in [-0.2, -0.15) is 0 Å². The van der Waals surface area contributed by atoms with Crippen LogP contribution in [-0.2, 0) is 4.79 Å². The average Bonchev–Trinajstić information content (AvgIpc) is 2.54. The minimum atomic E-state index is -0.575. The van der Waals surface area contributed by atoms with Gasteiger partial charge >= 0.3 is 0 Å². The standard InChI is InChI=1S/C17H14N2O2/c1-2-12-6-5-7-13(10-12)19-17(20)16-11-18-14-8-3-4-9-15(14)21-16/h1,3-10,16,18H,11H2,(H,19,20). The zero-order chi connectivity index (χ0) is 14.7. The van der Waals surface area contributed by atoms with Crippen LogP contribution in [0.1, 0.15) is 5.56 Å². The van der Waals surface area contributed by atoms with E-state index in [2.05, 4.69) is 16.6 Å². The van der Waals surface area contributed by atoms with Crippen molar-refractivity contribution in [3.8, 4) is 18.1 Å². The molecule has 2 aromatic carbocycles. The lowest BCUT2D eigenvalue weighted by molar-refractivity contribution is -0.122. The summed E-state index contributed by atoms with van der Waals surface area (Å²) in [6.07, 6.45) is 4.77. The van der Waals surface area contributed by atoms with E-state index < -0.39 is 6.10 Å². The zero-order valence-electron chi connectivity index (χ0n) is 11.3. The van der Waals surface area contributed by atoms with Gasteiger partial charge in [-0.25, -0.2) is 0 Å². The summed E-state index contributed by atoms with van der Waals surface area (Å²) in [5.74, 6) is 3.02. The first-order valence-corrected chi connectivity index (χ1v) is 6.63. The Labute approximate surface area is 123 Å². The van der Waals surface area contributed by atoms with Gasteiger partial charge in [-0.1, -0.05) is 24.1 Å². The molecule has 2 N–H and O–H groups in total. The van der Waals surface area contributed by atoms with Crippen LogP contribution in [0, 0.1) is 12.3 Å². The molecule has 0 saturated heterocycles. The molecule has 0 radical (unpaired) electrons. The highest BCUT2D eigenvalue weighted by molar-refractivity contribution is 5.95. The van der Waals surface area contributed by atoms with Crippen LogP contribution in [0.5, 0.6) is 5.75 Å². The number of hydrogen-bond acceptors (Lipinski definition) is 3. The van der Waals surface area contributed by atoms with Crippen LogP contribution in [0.3, 0.4) is 0 Å². The van der Waals surface area contributed by atoms with Crippen LogP contribution < -0.4 is 15.4 Å². The van der Waals surface area contributed by atoms with Crippen LogP contribution in [0.4, 0.5) is 11.4 Å². The second kappa shape index (κ2) is 5.59. The van der Waals surface area contributed by atoms with E-state index in [0.29, 0.717) is 18.0 Å². The first-order valence-electron chi connectivity index (χ1n) is 6.63. The normalized spacial score (nSPS) is 15.9. The van der Waals surface area contributed by atoms with Gasteiger partial charge in [-0.05, 0) is 30.3 Å². The van der Waals surface area contributed by atoms with Gasteiger partial charge in [0.1, 0.15) is 5.75 Å². The molecule has 0 aromatic heterocycles. The lowest BCUT2D eigenvalue weighted by Crippen LogP contribution is -2.41. The van der Waals surface area contributed by atoms with Gasteiger partial charge in [0.15, 0.2) is 6.10 Å². The summed E-state index contributed by atoms with van der Waals surface area (Å²) in [6.45, 7) is 0.428. The minimum absolute atomic E-state index is 0.203. The number of terminal acetylenes is 1. The van der Waals surface area contributed by atoms with E-state index in [0.717, 1.165) is 11.3 Å². The molecule has 3 rings (SSSR count). The third kappa shape index (κ3) is 2.82. The molecule has 0 spiro atoms. The number of hydrogen-bond donors (Lipinski definition) is 2. The Morgan fingerprint density at radius 2 is 2.14 bits per heavy atom. The summed E-state index contributed by atoms with van der Waals surface area (Å²) in [6, 6.07) is 14.7. The molecular formula is C17H14N2O2. The maximum atomic E-state index is 12.2. The smallest absolute Gasteiger partial charge is 0.267 e. The summed E-state index contributed by atoms with van der Waals surface area (Å²) in [7, 11) is 0. The predicted octanol–water partition coefficient (Wildman–Crippen LogP) is 2.48. The maximum absolute atomic E-state index is 12.2. The number of amides is 1. The average molecular weight is 278 g/mol. The van der Waals surface area contributed by atoms with Gasteiger partial charge in [-0.15, -0.1) is 6.42 Å². The van der Waals surface area contributed by atoms with E-state index in [9.17, 15) is 4.79 Å². The number of anilines is 2. The van der Waals surface area contributed by atoms with Crippen molar-refractivity contribution < 1.29 is 9.53 Å². The maximum Gasteiger partial charge on any atom is 0.267 e. The van der Waals surface area contributed by atoms with Crippen LogP contribution >= 0.6 is 0 Å². The van der Waals surface area contributed by atoms with Crippen molar-refractivity contribution in [2.45, 2.75) is 6.10 Å². The van der Waals surface area contributed by atoms with Gasteiger partial charge in [-0.3, -0.25) is 4.79 Å². The largest absolute Gasteiger partial charge is 0.477 e. The molecule has 0 fully saturated rings. The third-order valence-electron chi connectivity index (χ3n) is 3.22. The van der Waals surface area contributed by atoms with Crippen LogP contribution in [0.15, 0.2) is 48.5 Å². The Morgan fingerprint density at radius 1 is 1.29 bits per heavy atom. The van der Waals surface area contributed by atoms with E-state index >= 15 is 0 Å². The number of carbonyl (C=O) groups excluding carboxylic acids is 1. The number of nitrogens with one attached hydrogen (secondary N) is 2. The van der Waals surface area contributed by atoms with Crippen molar-refractivity contribution in [3.05, 3.63) is 54.1 Å². The Hall–Kier alpha value is -2.93. The lowest BCUT2D eigenvalue weighted by atomic mass is 10.2. The van der Waals surface area contributed by atoms with Crippen molar-refractivity contribution in [2.24, 2.45) is 0 Å². The fourth-order valence-electron chi connectivity index (χ4n) is 2.17. The number of benzene rings is 2. The summed E-state index contributed by atoms with van der Waals surface area (Å²) in [5, 5.41) is 6.00. The number of carbonyl (C=O) groups is 1. The summed E-state index contributed by atoms with van der Waals surface area (Å²) >= 11 is 0. The van der Waals surface area contributed by atoms with E-state index in [1.807, 2.05) is 30.3 Å². The van der Waals surface area contributed by atoms with Gasteiger partial charge in [0.2, 0.25) is 0 Å². The lowest BCUT2D eigenvalue weighted by Gasteiger charge is -2.26. The third-order valence-corrected chi connectivity index (χ3v) is 3.22. The molecule has 1 aliphatic heterocycles. The first-order chi connectivity index (χ1) is 10.3. The highest BCUT2D eigenvalue weighted by Crippen LogP contribution is 2.28. The Balaban J connectivity index is 1.71. The van der Waals surface area contributed by atoms with Crippen molar-refractivity contribution in [3.63, 3.8) is 0 Å². The van der Waals surface area contributed by atoms with Gasteiger partial charge in [0.25, 0.3) is 5.91 Å². The van der Waals surface area contributed by atoms with Crippen molar-refractivity contribution in [2.75, 3.05) is 17.2 Å². The minimum Gasteiger partial charge on any atom is -0.477 e. The highest BCUT2D eigenvalue weighted by atomic mass is 16.5. The topological polar surface area (TPSA) is 50.4 Å². The molecule has 1 unspecified atom stereocenters. The molecule has 2 aromatic rings. The van der Waals surface area contributed by atoms with Crippen LogP contribution in [0.25, 0.3) is 0 Å². The monoisotopic (exact) mass is 278 g/mol. The summed E-state index contributed by atoms with van der Waals surface area (Å²) < 4.78 is 5.71. The van der Waals surface area contributed by atoms with Crippen LogP contribution in [0.2, 0.25) is 0 Å². The van der Waals surface area contributed by atoms with E-state index in [-0.39, 0.29) is 5.91 Å². The molecule has 0 bridgehead atoms. The Kier molecular flexibility index (Phi) is 3.48. The van der Waals surface area contributed by atoms with E-state index in [1.54, 1.807) is 18.2 Å². The molecule has 4 nitrogen and oxygen atoms in total. The summed E-state index contributed by atoms with van der Waals surface area (Å²) in [4.78, 5) is 12.2. The van der Waals surface area contributed by atoms with Gasteiger partial charge in [0, 0.05) is 11.3 Å². The van der Waals surface area contributed by atoms with Crippen LogP contribution in [-0.4, -0.2) is 18.6 Å². The van der Waals surface area contributed by atoms with Gasteiger partial charge in [0.05, 0.1) is 12.2 Å². The highest BCUT2D eigenvalue weighted by Gasteiger charge is 2.25. The van der Waals surface area contributed by atoms with E-state index in [1.165, 1.54) is 0 Å². The van der Waals surface area contributed by atoms with E-state index in [4.69, 9.17) is 11.2 Å². The quantitative estimate of drug-likeness (QED) is 0.830. The fraction of sp³-hybridized carbons (Fsp3) is 0.118. The number of rotatable bonds is 2. The number of fused-ring (bicyclic) bond motifs is 1. The Morgan fingerprint density at radius 3 is 3.00 bits per heavy atom. The summed E-state index contributed by atoms with van der Waals surface area (Å²) in [5.41, 5.74) is 2.29. The first kappa shape index (κ1) is 13.1. The Bertz CT molecular complexity index is 719. The molecule has 0 aliphatic carbocycles. The second-order valence-electron chi connectivity index (χ2n) is 4.70. The predicted molar refractivity (Wildman–Crippen MR) is 82.4 cm³/mol. The zero-order valence-corrected chi connectivity index (χ0v) is 11.3. The molecule has 1 heterocycles. The molecule has 4 heteroatoms. The molecule has 0 saturated carbocycles. The number of ether oxygens (including phenoxy) is 1. The molecular weight excluding hydrogens is 264 g/mol. The van der Waals surface area contributed by atoms with Crippen molar-refractivity contribution in [1.82, 2.24) is 0 Å². The molecule has 21 heavy (non-hydrogen) atoms. The van der Waals surface area contributed by atoms with Gasteiger partial charge < -0.3 is 15.4 Å². The van der Waals surface area contributed by atoms with Crippen molar-refractivity contribution >= 4 is 17.3 Å². The van der Waals surface area contributed by atoms with Crippen molar-refractivity contribution in [1.29, 1.82) is 0 Å². The molecule has 1 atom stereocenters. The fourth-order valence-corrected chi connectivity index (χ4v) is 2.17. The SMILES string of the molecule is C#Cc1cccc(NC(=O)C2CNc3ccccc3O2)c1. The second-order valence-corrected chi connectivity index (χ2v) is 4.70. The number of para-hydroxylation sites is 2. The molecule has 1 amide bonds. The molecule has 104 valence electrons. The molecule has 1 aliphatic rings.